The quantitative estimate of drug-likeness (QED) is 0.263. The maximum absolute atomic E-state index is 15.0. The summed E-state index contributed by atoms with van der Waals surface area (Å²) in [5, 5.41) is 10.4. The van der Waals surface area contributed by atoms with Crippen molar-refractivity contribution in [3.63, 3.8) is 0 Å². The molecule has 1 saturated heterocycles. The third kappa shape index (κ3) is 6.54. The highest BCUT2D eigenvalue weighted by molar-refractivity contribution is 6.74. The molecule has 232 valence electrons. The van der Waals surface area contributed by atoms with Gasteiger partial charge in [-0.05, 0) is 97.1 Å². The summed E-state index contributed by atoms with van der Waals surface area (Å²) in [6, 6.07) is 6.97. The predicted octanol–water partition coefficient (Wildman–Crippen LogP) is 7.81. The smallest absolute Gasteiger partial charge is 0.192 e. The number of aliphatic hydroxyl groups is 1. The van der Waals surface area contributed by atoms with Gasteiger partial charge in [-0.15, -0.1) is 0 Å². The molecule has 2 fully saturated rings. The van der Waals surface area contributed by atoms with E-state index in [9.17, 15) is 9.50 Å². The molecule has 1 aliphatic heterocycles. The summed E-state index contributed by atoms with van der Waals surface area (Å²) in [5.41, 5.74) is 0.771. The highest BCUT2D eigenvalue weighted by Crippen LogP contribution is 2.46. The number of pyridine rings is 2. The molecule has 3 aromatic rings. The Morgan fingerprint density at radius 3 is 2.19 bits per heavy atom. The zero-order valence-electron chi connectivity index (χ0n) is 26.3. The van der Waals surface area contributed by atoms with Crippen molar-refractivity contribution in [2.45, 2.75) is 90.1 Å². The van der Waals surface area contributed by atoms with Crippen molar-refractivity contribution >= 4 is 14.0 Å². The van der Waals surface area contributed by atoms with E-state index < -0.39 is 36.9 Å². The maximum atomic E-state index is 15.0. The Morgan fingerprint density at radius 1 is 0.977 bits per heavy atom. The lowest BCUT2D eigenvalue weighted by Gasteiger charge is -2.48. The van der Waals surface area contributed by atoms with Crippen LogP contribution >= 0.6 is 0 Å². The monoisotopic (exact) mass is 611 g/mol. The highest BCUT2D eigenvalue weighted by atomic mass is 28.4. The Balaban J connectivity index is 1.32. The first-order chi connectivity index (χ1) is 20.1. The zero-order chi connectivity index (χ0) is 31.3. The van der Waals surface area contributed by atoms with Crippen LogP contribution in [0.15, 0.2) is 42.7 Å². The van der Waals surface area contributed by atoms with Crippen LogP contribution in [0.4, 0.5) is 18.9 Å². The molecule has 5 rings (SSSR count). The first-order valence-electron chi connectivity index (χ1n) is 15.3. The number of piperidine rings is 1. The molecule has 3 heterocycles. The van der Waals surface area contributed by atoms with E-state index in [0.29, 0.717) is 43.2 Å². The fourth-order valence-electron chi connectivity index (χ4n) is 5.94. The minimum atomic E-state index is -1.91. The summed E-state index contributed by atoms with van der Waals surface area (Å²) in [4.78, 5) is 11.1. The number of halogens is 3. The second-order valence-electron chi connectivity index (χ2n) is 14.2. The normalized spacial score (nSPS) is 22.1. The lowest BCUT2D eigenvalue weighted by atomic mass is 9.87. The standard InChI is InChI=1S/C34H44F3N3O2Si/c1-21-19-40(20-22(2)32(21)42-43(6,7)33(3,4)5)29-12-15-38-18-23(29)8-9-25-10-11-26(35)31(39-25)30-27(36)16-24(17-28(30)37)34(41)13-14-34/h10-12,15-18,21-22,32,41H,8-9,13-14,19-20H2,1-7H3/t21-,22+,32?. The van der Waals surface area contributed by atoms with Gasteiger partial charge in [0.25, 0.3) is 0 Å². The Labute approximate surface area is 254 Å². The van der Waals surface area contributed by atoms with Crippen molar-refractivity contribution in [2.75, 3.05) is 18.0 Å². The van der Waals surface area contributed by atoms with Crippen LogP contribution in [0.5, 0.6) is 0 Å². The molecule has 9 heteroatoms. The van der Waals surface area contributed by atoms with Crippen LogP contribution in [-0.4, -0.2) is 42.6 Å². The van der Waals surface area contributed by atoms with E-state index in [1.165, 1.54) is 6.07 Å². The van der Waals surface area contributed by atoms with Crippen LogP contribution in [0.25, 0.3) is 11.3 Å². The van der Waals surface area contributed by atoms with E-state index in [2.05, 4.69) is 62.6 Å². The average Bonchev–Trinajstić information content (AvgIpc) is 3.68. The molecule has 1 N–H and O–H groups in total. The van der Waals surface area contributed by atoms with Gasteiger partial charge in [-0.2, -0.15) is 0 Å². The number of aryl methyl sites for hydroxylation is 2. The van der Waals surface area contributed by atoms with Crippen LogP contribution in [0.1, 0.15) is 64.3 Å². The lowest BCUT2D eigenvalue weighted by molar-refractivity contribution is 0.0627. The fourth-order valence-corrected chi connectivity index (χ4v) is 7.44. The van der Waals surface area contributed by atoms with E-state index in [1.807, 2.05) is 12.3 Å². The lowest BCUT2D eigenvalue weighted by Crippen LogP contribution is -2.54. The first-order valence-corrected chi connectivity index (χ1v) is 18.2. The number of hydrogen-bond acceptors (Lipinski definition) is 5. The molecule has 0 bridgehead atoms. The molecule has 3 atom stereocenters. The zero-order valence-corrected chi connectivity index (χ0v) is 27.3. The number of rotatable bonds is 8. The molecule has 1 unspecified atom stereocenters. The molecule has 2 aromatic heterocycles. The molecule has 2 aliphatic rings. The third-order valence-electron chi connectivity index (χ3n) is 9.69. The topological polar surface area (TPSA) is 58.5 Å². The molecule has 0 radical (unpaired) electrons. The summed E-state index contributed by atoms with van der Waals surface area (Å²) >= 11 is 0. The van der Waals surface area contributed by atoms with Crippen molar-refractivity contribution in [1.82, 2.24) is 9.97 Å². The SMILES string of the molecule is C[C@@H]1CN(c2ccncc2CCc2ccc(F)c(-c3c(F)cc(C4(O)CC4)cc3F)n2)C[C@H](C)C1O[Si](C)(C)C(C)(C)C. The van der Waals surface area contributed by atoms with Gasteiger partial charge in [0.2, 0.25) is 0 Å². The van der Waals surface area contributed by atoms with Gasteiger partial charge in [-0.3, -0.25) is 4.98 Å². The van der Waals surface area contributed by atoms with E-state index in [4.69, 9.17) is 4.43 Å². The molecular formula is C34H44F3N3O2Si. The van der Waals surface area contributed by atoms with E-state index in [1.54, 1.807) is 12.3 Å². The van der Waals surface area contributed by atoms with E-state index in [-0.39, 0.29) is 22.4 Å². The van der Waals surface area contributed by atoms with E-state index >= 15 is 8.78 Å². The van der Waals surface area contributed by atoms with Crippen LogP contribution in [0.2, 0.25) is 18.1 Å². The third-order valence-corrected chi connectivity index (χ3v) is 14.2. The molecule has 0 spiro atoms. The number of anilines is 1. The Bertz CT molecular complexity index is 1450. The van der Waals surface area contributed by atoms with Gasteiger partial charge >= 0.3 is 0 Å². The van der Waals surface area contributed by atoms with Gasteiger partial charge in [0, 0.05) is 36.9 Å². The number of benzene rings is 1. The van der Waals surface area contributed by atoms with Gasteiger partial charge in [0.1, 0.15) is 23.1 Å². The summed E-state index contributed by atoms with van der Waals surface area (Å²) < 4.78 is 51.8. The second kappa shape index (κ2) is 11.6. The Morgan fingerprint density at radius 2 is 1.60 bits per heavy atom. The summed E-state index contributed by atoms with van der Waals surface area (Å²) in [6.07, 6.45) is 5.78. The largest absolute Gasteiger partial charge is 0.413 e. The van der Waals surface area contributed by atoms with Crippen LogP contribution in [-0.2, 0) is 22.9 Å². The summed E-state index contributed by atoms with van der Waals surface area (Å²) in [5.74, 6) is -1.98. The number of hydrogen-bond donors (Lipinski definition) is 1. The molecule has 5 nitrogen and oxygen atoms in total. The fraction of sp³-hybridized carbons (Fsp3) is 0.529. The van der Waals surface area contributed by atoms with Gasteiger partial charge < -0.3 is 14.4 Å². The minimum Gasteiger partial charge on any atom is -0.413 e. The van der Waals surface area contributed by atoms with Gasteiger partial charge in [0.05, 0.1) is 17.3 Å². The Kier molecular flexibility index (Phi) is 8.57. The summed E-state index contributed by atoms with van der Waals surface area (Å²) in [6.45, 7) is 17.7. The molecular weight excluding hydrogens is 567 g/mol. The van der Waals surface area contributed by atoms with Gasteiger partial charge in [-0.1, -0.05) is 34.6 Å². The van der Waals surface area contributed by atoms with Gasteiger partial charge in [-0.25, -0.2) is 18.2 Å². The molecule has 1 aliphatic carbocycles. The van der Waals surface area contributed by atoms with Gasteiger partial charge in [0.15, 0.2) is 8.32 Å². The van der Waals surface area contributed by atoms with Crippen LogP contribution in [0.3, 0.4) is 0 Å². The number of nitrogens with zero attached hydrogens (tertiary/aromatic N) is 3. The molecule has 0 amide bonds. The first kappa shape index (κ1) is 31.7. The van der Waals surface area contributed by atoms with Crippen molar-refractivity contribution < 1.29 is 22.7 Å². The average molecular weight is 612 g/mol. The Hall–Kier alpha value is -2.75. The molecule has 1 saturated carbocycles. The molecule has 1 aromatic carbocycles. The molecule has 43 heavy (non-hydrogen) atoms. The number of aromatic nitrogens is 2. The van der Waals surface area contributed by atoms with Crippen LogP contribution in [0, 0.1) is 29.3 Å². The second-order valence-corrected chi connectivity index (χ2v) is 18.9. The van der Waals surface area contributed by atoms with Crippen molar-refractivity contribution in [3.05, 3.63) is 77.0 Å². The van der Waals surface area contributed by atoms with Crippen molar-refractivity contribution in [3.8, 4) is 11.3 Å². The summed E-state index contributed by atoms with van der Waals surface area (Å²) in [7, 11) is -1.91. The minimum absolute atomic E-state index is 0.149. The van der Waals surface area contributed by atoms with E-state index in [0.717, 1.165) is 36.5 Å². The predicted molar refractivity (Wildman–Crippen MR) is 167 cm³/mol. The highest BCUT2D eigenvalue weighted by Gasteiger charge is 2.44. The van der Waals surface area contributed by atoms with Crippen molar-refractivity contribution in [2.24, 2.45) is 11.8 Å². The van der Waals surface area contributed by atoms with Crippen molar-refractivity contribution in [1.29, 1.82) is 0 Å². The maximum Gasteiger partial charge on any atom is 0.192 e. The van der Waals surface area contributed by atoms with Crippen LogP contribution < -0.4 is 4.90 Å².